The van der Waals surface area contributed by atoms with Gasteiger partial charge in [0, 0.05) is 12.1 Å². The molecule has 0 atom stereocenters. The van der Waals surface area contributed by atoms with Crippen molar-refractivity contribution in [2.45, 2.75) is 26.9 Å². The first-order valence-corrected chi connectivity index (χ1v) is 7.34. The summed E-state index contributed by atoms with van der Waals surface area (Å²) in [4.78, 5) is 13.4. The Labute approximate surface area is 133 Å². The van der Waals surface area contributed by atoms with Crippen LogP contribution in [0.5, 0.6) is 5.75 Å². The first kappa shape index (κ1) is 17.4. The summed E-state index contributed by atoms with van der Waals surface area (Å²) in [6.07, 6.45) is -2.83. The fourth-order valence-corrected chi connectivity index (χ4v) is 2.43. The highest BCUT2D eigenvalue weighted by molar-refractivity contribution is 5.99. The zero-order chi connectivity index (χ0) is 17.3. The second kappa shape index (κ2) is 6.26. The highest BCUT2D eigenvalue weighted by Gasteiger charge is 2.36. The lowest BCUT2D eigenvalue weighted by molar-refractivity contribution is -0.161. The second-order valence-corrected chi connectivity index (χ2v) is 6.83. The number of para-hydroxylation sites is 1. The number of halogens is 3. The molecular formula is C17H20F3NO2. The van der Waals surface area contributed by atoms with Gasteiger partial charge in [0.25, 0.3) is 5.91 Å². The minimum atomic E-state index is -4.44. The predicted octanol–water partition coefficient (Wildman–Crippen LogP) is 3.90. The third-order valence-corrected chi connectivity index (χ3v) is 3.23. The smallest absolute Gasteiger partial charge is 0.406 e. The van der Waals surface area contributed by atoms with Crippen molar-refractivity contribution in [3.63, 3.8) is 0 Å². The van der Waals surface area contributed by atoms with Gasteiger partial charge in [0.15, 0.2) is 0 Å². The van der Waals surface area contributed by atoms with Crippen LogP contribution in [0.15, 0.2) is 29.8 Å². The third kappa shape index (κ3) is 5.01. The Kier molecular flexibility index (Phi) is 4.73. The van der Waals surface area contributed by atoms with E-state index in [4.69, 9.17) is 4.74 Å². The highest BCUT2D eigenvalue weighted by Crippen LogP contribution is 2.28. The SMILES string of the molecule is CC(C)(C)CN(CC(F)(F)F)C(=O)C1=Cc2ccccc2OC1. The summed E-state index contributed by atoms with van der Waals surface area (Å²) in [5, 5.41) is 0. The molecule has 1 aromatic carbocycles. The van der Waals surface area contributed by atoms with Crippen LogP contribution in [-0.4, -0.2) is 36.7 Å². The number of fused-ring (bicyclic) bond motifs is 1. The molecule has 0 spiro atoms. The van der Waals surface area contributed by atoms with Crippen LogP contribution >= 0.6 is 0 Å². The zero-order valence-corrected chi connectivity index (χ0v) is 13.4. The van der Waals surface area contributed by atoms with Crippen molar-refractivity contribution in [2.75, 3.05) is 19.7 Å². The molecule has 1 aliphatic rings. The predicted molar refractivity (Wildman–Crippen MR) is 82.0 cm³/mol. The molecule has 3 nitrogen and oxygen atoms in total. The Morgan fingerprint density at radius 3 is 2.43 bits per heavy atom. The van der Waals surface area contributed by atoms with Crippen molar-refractivity contribution in [2.24, 2.45) is 5.41 Å². The molecule has 0 aromatic heterocycles. The zero-order valence-electron chi connectivity index (χ0n) is 13.4. The van der Waals surface area contributed by atoms with Gasteiger partial charge in [-0.05, 0) is 17.6 Å². The summed E-state index contributed by atoms with van der Waals surface area (Å²) in [5.41, 5.74) is 0.497. The largest absolute Gasteiger partial charge is 0.488 e. The number of rotatable bonds is 3. The van der Waals surface area contributed by atoms with Crippen molar-refractivity contribution >= 4 is 12.0 Å². The minimum absolute atomic E-state index is 0.0182. The summed E-state index contributed by atoms with van der Waals surface area (Å²) >= 11 is 0. The van der Waals surface area contributed by atoms with Crippen molar-refractivity contribution in [1.82, 2.24) is 4.90 Å². The van der Waals surface area contributed by atoms with Gasteiger partial charge in [0.1, 0.15) is 18.9 Å². The number of benzene rings is 1. The number of ether oxygens (including phenoxy) is 1. The van der Waals surface area contributed by atoms with Crippen LogP contribution in [0.4, 0.5) is 13.2 Å². The van der Waals surface area contributed by atoms with Crippen LogP contribution in [0.2, 0.25) is 0 Å². The van der Waals surface area contributed by atoms with E-state index in [-0.39, 0.29) is 18.7 Å². The molecule has 0 unspecified atom stereocenters. The standard InChI is InChI=1S/C17H20F3NO2/c1-16(2,3)10-21(11-17(18,19)20)15(22)13-8-12-6-4-5-7-14(12)23-9-13/h4-8H,9-11H2,1-3H3. The fraction of sp³-hybridized carbons (Fsp3) is 0.471. The van der Waals surface area contributed by atoms with Gasteiger partial charge in [-0.25, -0.2) is 0 Å². The first-order valence-electron chi connectivity index (χ1n) is 7.34. The normalized spacial score (nSPS) is 14.6. The van der Waals surface area contributed by atoms with Gasteiger partial charge in [0.05, 0.1) is 5.57 Å². The molecule has 1 aromatic rings. The molecule has 1 aliphatic heterocycles. The molecule has 1 amide bonds. The molecule has 0 radical (unpaired) electrons. The van der Waals surface area contributed by atoms with Crippen molar-refractivity contribution in [1.29, 1.82) is 0 Å². The van der Waals surface area contributed by atoms with Crippen molar-refractivity contribution in [3.05, 3.63) is 35.4 Å². The number of amides is 1. The van der Waals surface area contributed by atoms with E-state index >= 15 is 0 Å². The average Bonchev–Trinajstić information content (AvgIpc) is 2.42. The quantitative estimate of drug-likeness (QED) is 0.843. The van der Waals surface area contributed by atoms with Crippen LogP contribution in [0.3, 0.4) is 0 Å². The molecule has 0 fully saturated rings. The lowest BCUT2D eigenvalue weighted by Crippen LogP contribution is -2.44. The summed E-state index contributed by atoms with van der Waals surface area (Å²) in [6, 6.07) is 7.11. The molecular weight excluding hydrogens is 307 g/mol. The molecule has 0 N–H and O–H groups in total. The Bertz CT molecular complexity index is 599. The van der Waals surface area contributed by atoms with E-state index in [2.05, 4.69) is 0 Å². The Balaban J connectivity index is 2.25. The van der Waals surface area contributed by atoms with Gasteiger partial charge in [-0.1, -0.05) is 39.0 Å². The molecule has 23 heavy (non-hydrogen) atoms. The van der Waals surface area contributed by atoms with Crippen LogP contribution in [-0.2, 0) is 4.79 Å². The van der Waals surface area contributed by atoms with Gasteiger partial charge in [-0.2, -0.15) is 13.2 Å². The maximum atomic E-state index is 12.8. The summed E-state index contributed by atoms with van der Waals surface area (Å²) < 4.78 is 43.9. The number of nitrogens with zero attached hydrogens (tertiary/aromatic N) is 1. The second-order valence-electron chi connectivity index (χ2n) is 6.83. The average molecular weight is 327 g/mol. The number of carbonyl (C=O) groups is 1. The van der Waals surface area contributed by atoms with Crippen LogP contribution in [0, 0.1) is 5.41 Å². The number of carbonyl (C=O) groups excluding carboxylic acids is 1. The fourth-order valence-electron chi connectivity index (χ4n) is 2.43. The maximum absolute atomic E-state index is 12.8. The Morgan fingerprint density at radius 2 is 1.83 bits per heavy atom. The van der Waals surface area contributed by atoms with Crippen LogP contribution < -0.4 is 4.74 Å². The van der Waals surface area contributed by atoms with E-state index in [1.54, 1.807) is 51.1 Å². The lowest BCUT2D eigenvalue weighted by atomic mass is 9.95. The number of hydrogen-bond acceptors (Lipinski definition) is 2. The van der Waals surface area contributed by atoms with E-state index in [0.29, 0.717) is 11.3 Å². The molecule has 126 valence electrons. The topological polar surface area (TPSA) is 29.5 Å². The van der Waals surface area contributed by atoms with Gasteiger partial charge >= 0.3 is 6.18 Å². The van der Waals surface area contributed by atoms with Crippen LogP contribution in [0.1, 0.15) is 26.3 Å². The van der Waals surface area contributed by atoms with Gasteiger partial charge in [-0.15, -0.1) is 0 Å². The summed E-state index contributed by atoms with van der Waals surface area (Å²) in [6.45, 7) is 4.13. The van der Waals surface area contributed by atoms with E-state index in [1.165, 1.54) is 0 Å². The number of hydrogen-bond donors (Lipinski definition) is 0. The van der Waals surface area contributed by atoms with Crippen LogP contribution in [0.25, 0.3) is 6.08 Å². The molecule has 0 bridgehead atoms. The maximum Gasteiger partial charge on any atom is 0.406 e. The lowest BCUT2D eigenvalue weighted by Gasteiger charge is -2.32. The number of alkyl halides is 3. The molecule has 1 heterocycles. The molecule has 0 saturated heterocycles. The molecule has 0 saturated carbocycles. The minimum Gasteiger partial charge on any atom is -0.488 e. The van der Waals surface area contributed by atoms with Crippen molar-refractivity contribution < 1.29 is 22.7 Å². The monoisotopic (exact) mass is 327 g/mol. The highest BCUT2D eigenvalue weighted by atomic mass is 19.4. The first-order chi connectivity index (χ1) is 10.6. The van der Waals surface area contributed by atoms with Gasteiger partial charge in [0.2, 0.25) is 0 Å². The Morgan fingerprint density at radius 1 is 1.17 bits per heavy atom. The summed E-state index contributed by atoms with van der Waals surface area (Å²) in [7, 11) is 0. The molecule has 2 rings (SSSR count). The summed E-state index contributed by atoms with van der Waals surface area (Å²) in [5.74, 6) is -0.00556. The van der Waals surface area contributed by atoms with E-state index in [0.717, 1.165) is 4.90 Å². The molecule has 0 aliphatic carbocycles. The van der Waals surface area contributed by atoms with E-state index < -0.39 is 24.0 Å². The third-order valence-electron chi connectivity index (χ3n) is 3.23. The van der Waals surface area contributed by atoms with Crippen molar-refractivity contribution in [3.8, 4) is 5.75 Å². The molecule has 6 heteroatoms. The van der Waals surface area contributed by atoms with E-state index in [1.807, 2.05) is 0 Å². The van der Waals surface area contributed by atoms with E-state index in [9.17, 15) is 18.0 Å². The van der Waals surface area contributed by atoms with Gasteiger partial charge < -0.3 is 9.64 Å². The Hall–Kier alpha value is -1.98. The van der Waals surface area contributed by atoms with Gasteiger partial charge in [-0.3, -0.25) is 4.79 Å².